The van der Waals surface area contributed by atoms with Crippen LogP contribution in [0.4, 0.5) is 42.0 Å². The molecule has 0 spiro atoms. The number of benzene rings is 3. The highest BCUT2D eigenvalue weighted by molar-refractivity contribution is 5.95. The van der Waals surface area contributed by atoms with Crippen LogP contribution < -0.4 is 16.0 Å². The number of halogens is 3. The number of nitrogens with zero attached hydrogens (tertiary/aromatic N) is 2. The van der Waals surface area contributed by atoms with Gasteiger partial charge in [-0.3, -0.25) is 4.79 Å². The maximum atomic E-state index is 13.1. The van der Waals surface area contributed by atoms with E-state index in [9.17, 15) is 18.0 Å². The van der Waals surface area contributed by atoms with Crippen molar-refractivity contribution < 1.29 is 18.0 Å². The number of carbonyl (C=O) groups excluding carboxylic acids is 1. The Balaban J connectivity index is 1.44. The standard InChI is InChI=1S/C25H20F3N5O/c26-25(27,28)16-5-3-6-17(13-16)31-24-32-21-10-2-1-9-20(21)22(33-24)29-18-7-4-8-19(14-18)30-23(34)15-11-12-15/h1-10,13-15H,11-12H2,(H,30,34)(H2,29,31,32,33). The number of para-hydroxylation sites is 1. The van der Waals surface area contributed by atoms with E-state index in [1.54, 1.807) is 12.1 Å². The monoisotopic (exact) mass is 463 g/mol. The lowest BCUT2D eigenvalue weighted by molar-refractivity contribution is -0.137. The molecule has 0 saturated heterocycles. The molecule has 6 nitrogen and oxygen atoms in total. The molecule has 9 heteroatoms. The molecule has 0 bridgehead atoms. The van der Waals surface area contributed by atoms with Crippen LogP contribution in [0.25, 0.3) is 10.9 Å². The average Bonchev–Trinajstić information content (AvgIpc) is 3.65. The highest BCUT2D eigenvalue weighted by Gasteiger charge is 2.30. The molecular weight excluding hydrogens is 443 g/mol. The lowest BCUT2D eigenvalue weighted by atomic mass is 10.2. The van der Waals surface area contributed by atoms with E-state index in [0.29, 0.717) is 22.7 Å². The molecule has 1 aliphatic carbocycles. The average molecular weight is 463 g/mol. The maximum absolute atomic E-state index is 13.1. The van der Waals surface area contributed by atoms with E-state index in [2.05, 4.69) is 25.9 Å². The minimum Gasteiger partial charge on any atom is -0.339 e. The quantitative estimate of drug-likeness (QED) is 0.305. The number of hydrogen-bond acceptors (Lipinski definition) is 5. The van der Waals surface area contributed by atoms with Crippen molar-refractivity contribution in [3.63, 3.8) is 0 Å². The summed E-state index contributed by atoms with van der Waals surface area (Å²) in [7, 11) is 0. The Morgan fingerprint density at radius 1 is 0.824 bits per heavy atom. The van der Waals surface area contributed by atoms with Crippen molar-refractivity contribution in [2.24, 2.45) is 5.92 Å². The molecule has 0 atom stereocenters. The van der Waals surface area contributed by atoms with E-state index in [1.807, 2.05) is 36.4 Å². The van der Waals surface area contributed by atoms with Gasteiger partial charge in [0.15, 0.2) is 0 Å². The number of carbonyl (C=O) groups is 1. The Hall–Kier alpha value is -4.14. The summed E-state index contributed by atoms with van der Waals surface area (Å²) in [6.07, 6.45) is -2.62. The Kier molecular flexibility index (Phi) is 5.53. The van der Waals surface area contributed by atoms with Crippen LogP contribution in [0.5, 0.6) is 0 Å². The van der Waals surface area contributed by atoms with Crippen molar-refractivity contribution in [2.75, 3.05) is 16.0 Å². The van der Waals surface area contributed by atoms with Gasteiger partial charge in [0.2, 0.25) is 11.9 Å². The van der Waals surface area contributed by atoms with E-state index in [1.165, 1.54) is 12.1 Å². The van der Waals surface area contributed by atoms with Crippen LogP contribution >= 0.6 is 0 Å². The van der Waals surface area contributed by atoms with Crippen LogP contribution in [0.1, 0.15) is 18.4 Å². The van der Waals surface area contributed by atoms with Gasteiger partial charge < -0.3 is 16.0 Å². The molecule has 3 aromatic carbocycles. The largest absolute Gasteiger partial charge is 0.416 e. The van der Waals surface area contributed by atoms with Gasteiger partial charge in [-0.05, 0) is 61.4 Å². The second-order valence-electron chi connectivity index (χ2n) is 8.09. The second kappa shape index (κ2) is 8.66. The summed E-state index contributed by atoms with van der Waals surface area (Å²) >= 11 is 0. The third-order valence-corrected chi connectivity index (χ3v) is 5.39. The Bertz CT molecular complexity index is 1370. The third-order valence-electron chi connectivity index (χ3n) is 5.39. The summed E-state index contributed by atoms with van der Waals surface area (Å²) in [6.45, 7) is 0. The summed E-state index contributed by atoms with van der Waals surface area (Å²) in [4.78, 5) is 21.1. The molecule has 1 amide bonds. The van der Waals surface area contributed by atoms with Gasteiger partial charge in [-0.25, -0.2) is 4.98 Å². The minimum absolute atomic E-state index is 0.0113. The first-order valence-electron chi connectivity index (χ1n) is 10.7. The molecule has 1 aliphatic rings. The lowest BCUT2D eigenvalue weighted by Gasteiger charge is -2.14. The molecular formula is C25H20F3N5O. The molecule has 5 rings (SSSR count). The van der Waals surface area contributed by atoms with Gasteiger partial charge in [-0.2, -0.15) is 18.2 Å². The molecule has 172 valence electrons. The van der Waals surface area contributed by atoms with Crippen molar-refractivity contribution in [3.8, 4) is 0 Å². The zero-order chi connectivity index (χ0) is 23.7. The first kappa shape index (κ1) is 21.7. The predicted octanol–water partition coefficient (Wildman–Crippen LogP) is 6.48. The van der Waals surface area contributed by atoms with Gasteiger partial charge in [-0.1, -0.05) is 24.3 Å². The summed E-state index contributed by atoms with van der Waals surface area (Å²) in [5.41, 5.74) is 1.44. The van der Waals surface area contributed by atoms with Crippen LogP contribution in [0.3, 0.4) is 0 Å². The fraction of sp³-hybridized carbons (Fsp3) is 0.160. The zero-order valence-electron chi connectivity index (χ0n) is 17.9. The molecule has 0 unspecified atom stereocenters. The molecule has 0 aliphatic heterocycles. The van der Waals surface area contributed by atoms with Crippen LogP contribution in [0, 0.1) is 5.92 Å². The van der Waals surface area contributed by atoms with Gasteiger partial charge in [0.05, 0.1) is 11.1 Å². The summed E-state index contributed by atoms with van der Waals surface area (Å²) in [5.74, 6) is 0.730. The zero-order valence-corrected chi connectivity index (χ0v) is 17.9. The molecule has 3 N–H and O–H groups in total. The number of aromatic nitrogens is 2. The molecule has 1 heterocycles. The number of anilines is 5. The van der Waals surface area contributed by atoms with Crippen molar-refractivity contribution in [2.45, 2.75) is 19.0 Å². The fourth-order valence-corrected chi connectivity index (χ4v) is 3.53. The Morgan fingerprint density at radius 2 is 1.53 bits per heavy atom. The van der Waals surface area contributed by atoms with E-state index in [4.69, 9.17) is 0 Å². The highest BCUT2D eigenvalue weighted by atomic mass is 19.4. The molecule has 1 fully saturated rings. The van der Waals surface area contributed by atoms with E-state index in [-0.39, 0.29) is 23.5 Å². The van der Waals surface area contributed by atoms with E-state index < -0.39 is 11.7 Å². The van der Waals surface area contributed by atoms with Crippen LogP contribution in [-0.2, 0) is 11.0 Å². The second-order valence-corrected chi connectivity index (χ2v) is 8.09. The smallest absolute Gasteiger partial charge is 0.339 e. The SMILES string of the molecule is O=C(Nc1cccc(Nc2nc(Nc3cccc(C(F)(F)F)c3)nc3ccccc23)c1)C1CC1. The summed E-state index contributed by atoms with van der Waals surface area (Å²) in [6, 6.07) is 19.5. The van der Waals surface area contributed by atoms with E-state index >= 15 is 0 Å². The predicted molar refractivity (Wildman–Crippen MR) is 125 cm³/mol. The third kappa shape index (κ3) is 4.93. The van der Waals surface area contributed by atoms with Crippen molar-refractivity contribution in [3.05, 3.63) is 78.4 Å². The first-order valence-corrected chi connectivity index (χ1v) is 10.7. The van der Waals surface area contributed by atoms with Crippen molar-refractivity contribution in [1.29, 1.82) is 0 Å². The summed E-state index contributed by atoms with van der Waals surface area (Å²) in [5, 5.41) is 9.77. The maximum Gasteiger partial charge on any atom is 0.416 e. The Morgan fingerprint density at radius 3 is 2.29 bits per heavy atom. The number of rotatable bonds is 6. The lowest BCUT2D eigenvalue weighted by Crippen LogP contribution is -2.13. The first-order chi connectivity index (χ1) is 16.3. The van der Waals surface area contributed by atoms with Crippen LogP contribution in [-0.4, -0.2) is 15.9 Å². The van der Waals surface area contributed by atoms with Crippen LogP contribution in [0.2, 0.25) is 0 Å². The normalized spacial score (nSPS) is 13.5. The number of amides is 1. The molecule has 1 aromatic heterocycles. The molecule has 4 aromatic rings. The number of alkyl halides is 3. The minimum atomic E-state index is -4.45. The number of nitrogens with one attached hydrogen (secondary N) is 3. The molecule has 0 radical (unpaired) electrons. The van der Waals surface area contributed by atoms with Crippen molar-refractivity contribution in [1.82, 2.24) is 9.97 Å². The number of fused-ring (bicyclic) bond motifs is 1. The van der Waals surface area contributed by atoms with E-state index in [0.717, 1.165) is 30.4 Å². The highest BCUT2D eigenvalue weighted by Crippen LogP contribution is 2.33. The summed E-state index contributed by atoms with van der Waals surface area (Å²) < 4.78 is 39.3. The van der Waals surface area contributed by atoms with Crippen LogP contribution in [0.15, 0.2) is 72.8 Å². The molecule has 34 heavy (non-hydrogen) atoms. The topological polar surface area (TPSA) is 78.9 Å². The van der Waals surface area contributed by atoms with Gasteiger partial charge in [-0.15, -0.1) is 0 Å². The number of hydrogen-bond donors (Lipinski definition) is 3. The molecule has 1 saturated carbocycles. The van der Waals surface area contributed by atoms with Crippen molar-refractivity contribution >= 4 is 45.6 Å². The van der Waals surface area contributed by atoms with Gasteiger partial charge in [0, 0.05) is 28.4 Å². The Labute approximate surface area is 193 Å². The van der Waals surface area contributed by atoms with Gasteiger partial charge in [0.25, 0.3) is 0 Å². The van der Waals surface area contributed by atoms with Gasteiger partial charge in [0.1, 0.15) is 5.82 Å². The fourth-order valence-electron chi connectivity index (χ4n) is 3.53. The van der Waals surface area contributed by atoms with Gasteiger partial charge >= 0.3 is 6.18 Å².